The van der Waals surface area contributed by atoms with Crippen LogP contribution in [0.2, 0.25) is 0 Å². The fourth-order valence-corrected chi connectivity index (χ4v) is 2.77. The van der Waals surface area contributed by atoms with Crippen molar-refractivity contribution in [2.24, 2.45) is 0 Å². The predicted molar refractivity (Wildman–Crippen MR) is 71.7 cm³/mol. The van der Waals surface area contributed by atoms with Gasteiger partial charge in [0, 0.05) is 42.8 Å². The number of piperazine rings is 1. The summed E-state index contributed by atoms with van der Waals surface area (Å²) < 4.78 is 15.1. The molecule has 0 saturated carbocycles. The van der Waals surface area contributed by atoms with Gasteiger partial charge in [0.25, 0.3) is 0 Å². The average Bonchev–Trinajstić information content (AvgIpc) is 2.33. The second kappa shape index (κ2) is 5.46. The molecule has 0 bridgehead atoms. The van der Waals surface area contributed by atoms with E-state index in [4.69, 9.17) is 0 Å². The van der Waals surface area contributed by atoms with Crippen LogP contribution in [0.5, 0.6) is 0 Å². The Bertz CT molecular complexity index is 388. The third-order valence-corrected chi connectivity index (χ3v) is 4.18. The van der Waals surface area contributed by atoms with Gasteiger partial charge in [0.15, 0.2) is 0 Å². The van der Waals surface area contributed by atoms with Crippen molar-refractivity contribution in [2.75, 3.05) is 26.2 Å². The Morgan fingerprint density at radius 1 is 1.35 bits per heavy atom. The molecule has 1 saturated heterocycles. The second-order valence-corrected chi connectivity index (χ2v) is 5.47. The quantitative estimate of drug-likeness (QED) is 0.903. The largest absolute Gasteiger partial charge is 0.314 e. The molecule has 1 heterocycles. The molecule has 0 aromatic heterocycles. The highest BCUT2D eigenvalue weighted by molar-refractivity contribution is 9.10. The van der Waals surface area contributed by atoms with Crippen LogP contribution in [0.4, 0.5) is 4.39 Å². The average molecular weight is 301 g/mol. The van der Waals surface area contributed by atoms with Crippen LogP contribution in [0, 0.1) is 19.7 Å². The SMILES string of the molecule is Cc1cc(Br)c(C)c(CN2CCNCC2)c1F. The summed E-state index contributed by atoms with van der Waals surface area (Å²) in [7, 11) is 0. The molecule has 0 aliphatic carbocycles. The van der Waals surface area contributed by atoms with Crippen molar-refractivity contribution in [1.82, 2.24) is 10.2 Å². The zero-order valence-corrected chi connectivity index (χ0v) is 11.9. The fraction of sp³-hybridized carbons (Fsp3) is 0.538. The van der Waals surface area contributed by atoms with E-state index in [1.54, 1.807) is 0 Å². The molecule has 0 amide bonds. The first-order valence-electron chi connectivity index (χ1n) is 5.96. The van der Waals surface area contributed by atoms with E-state index in [0.717, 1.165) is 41.8 Å². The lowest BCUT2D eigenvalue weighted by Crippen LogP contribution is -2.43. The monoisotopic (exact) mass is 300 g/mol. The number of benzene rings is 1. The van der Waals surface area contributed by atoms with Gasteiger partial charge in [-0.2, -0.15) is 0 Å². The van der Waals surface area contributed by atoms with E-state index < -0.39 is 0 Å². The van der Waals surface area contributed by atoms with Crippen molar-refractivity contribution in [2.45, 2.75) is 20.4 Å². The van der Waals surface area contributed by atoms with E-state index in [0.29, 0.717) is 12.1 Å². The molecule has 2 nitrogen and oxygen atoms in total. The van der Waals surface area contributed by atoms with E-state index in [2.05, 4.69) is 26.1 Å². The van der Waals surface area contributed by atoms with Crippen LogP contribution in [0.25, 0.3) is 0 Å². The minimum atomic E-state index is -0.0516. The molecular weight excluding hydrogens is 283 g/mol. The van der Waals surface area contributed by atoms with E-state index in [9.17, 15) is 4.39 Å². The van der Waals surface area contributed by atoms with Crippen molar-refractivity contribution in [3.63, 3.8) is 0 Å². The number of rotatable bonds is 2. The number of hydrogen-bond donors (Lipinski definition) is 1. The van der Waals surface area contributed by atoms with Gasteiger partial charge in [-0.15, -0.1) is 0 Å². The second-order valence-electron chi connectivity index (χ2n) is 4.62. The van der Waals surface area contributed by atoms with Crippen molar-refractivity contribution in [1.29, 1.82) is 0 Å². The number of aryl methyl sites for hydroxylation is 1. The summed E-state index contributed by atoms with van der Waals surface area (Å²) in [4.78, 5) is 2.30. The van der Waals surface area contributed by atoms with Gasteiger partial charge in [-0.25, -0.2) is 4.39 Å². The Morgan fingerprint density at radius 3 is 2.65 bits per heavy atom. The van der Waals surface area contributed by atoms with Crippen LogP contribution in [0.3, 0.4) is 0 Å². The summed E-state index contributed by atoms with van der Waals surface area (Å²) in [6.07, 6.45) is 0. The normalized spacial score (nSPS) is 17.4. The maximum Gasteiger partial charge on any atom is 0.130 e. The standard InChI is InChI=1S/C13H18BrFN2/c1-9-7-12(14)10(2)11(13(9)15)8-17-5-3-16-4-6-17/h7,16H,3-6,8H2,1-2H3. The van der Waals surface area contributed by atoms with Gasteiger partial charge in [-0.05, 0) is 31.0 Å². The van der Waals surface area contributed by atoms with Gasteiger partial charge in [-0.3, -0.25) is 4.90 Å². The fourth-order valence-electron chi connectivity index (χ4n) is 2.19. The lowest BCUT2D eigenvalue weighted by atomic mass is 10.0. The Kier molecular flexibility index (Phi) is 4.17. The first-order valence-corrected chi connectivity index (χ1v) is 6.76. The molecule has 0 spiro atoms. The third kappa shape index (κ3) is 2.87. The summed E-state index contributed by atoms with van der Waals surface area (Å²) in [6, 6.07) is 1.85. The van der Waals surface area contributed by atoms with Crippen LogP contribution < -0.4 is 5.32 Å². The van der Waals surface area contributed by atoms with Gasteiger partial charge < -0.3 is 5.32 Å². The van der Waals surface area contributed by atoms with Crippen LogP contribution in [-0.2, 0) is 6.54 Å². The van der Waals surface area contributed by atoms with Crippen molar-refractivity contribution in [3.05, 3.63) is 33.0 Å². The molecule has 0 atom stereocenters. The highest BCUT2D eigenvalue weighted by Crippen LogP contribution is 2.26. The Labute approximate surface area is 110 Å². The maximum atomic E-state index is 14.1. The minimum absolute atomic E-state index is 0.0516. The highest BCUT2D eigenvalue weighted by Gasteiger charge is 2.17. The molecule has 1 N–H and O–H groups in total. The van der Waals surface area contributed by atoms with Crippen LogP contribution in [-0.4, -0.2) is 31.1 Å². The molecule has 0 radical (unpaired) electrons. The predicted octanol–water partition coefficient (Wildman–Crippen LogP) is 2.61. The van der Waals surface area contributed by atoms with E-state index in [-0.39, 0.29) is 5.82 Å². The van der Waals surface area contributed by atoms with Gasteiger partial charge in [-0.1, -0.05) is 15.9 Å². The molecule has 0 unspecified atom stereocenters. The molecule has 1 aliphatic heterocycles. The third-order valence-electron chi connectivity index (χ3n) is 3.36. The first-order chi connectivity index (χ1) is 8.09. The van der Waals surface area contributed by atoms with Crippen LogP contribution >= 0.6 is 15.9 Å². The summed E-state index contributed by atoms with van der Waals surface area (Å²) in [6.45, 7) is 8.47. The van der Waals surface area contributed by atoms with E-state index in [1.807, 2.05) is 19.9 Å². The molecule has 4 heteroatoms. The minimum Gasteiger partial charge on any atom is -0.314 e. The van der Waals surface area contributed by atoms with Crippen molar-refractivity contribution < 1.29 is 4.39 Å². The number of hydrogen-bond acceptors (Lipinski definition) is 2. The summed E-state index contributed by atoms with van der Waals surface area (Å²) in [5.41, 5.74) is 2.57. The summed E-state index contributed by atoms with van der Waals surface area (Å²) in [5, 5.41) is 3.31. The highest BCUT2D eigenvalue weighted by atomic mass is 79.9. The van der Waals surface area contributed by atoms with Gasteiger partial charge >= 0.3 is 0 Å². The lowest BCUT2D eigenvalue weighted by Gasteiger charge is -2.28. The first kappa shape index (κ1) is 13.0. The molecular formula is C13H18BrFN2. The smallest absolute Gasteiger partial charge is 0.130 e. The van der Waals surface area contributed by atoms with E-state index in [1.165, 1.54) is 0 Å². The topological polar surface area (TPSA) is 15.3 Å². The van der Waals surface area contributed by atoms with Crippen molar-refractivity contribution >= 4 is 15.9 Å². The molecule has 1 aromatic carbocycles. The molecule has 2 rings (SSSR count). The van der Waals surface area contributed by atoms with Gasteiger partial charge in [0.1, 0.15) is 5.82 Å². The molecule has 94 valence electrons. The zero-order valence-electron chi connectivity index (χ0n) is 10.3. The lowest BCUT2D eigenvalue weighted by molar-refractivity contribution is 0.230. The van der Waals surface area contributed by atoms with Gasteiger partial charge in [0.2, 0.25) is 0 Å². The van der Waals surface area contributed by atoms with Crippen LogP contribution in [0.1, 0.15) is 16.7 Å². The summed E-state index contributed by atoms with van der Waals surface area (Å²) >= 11 is 3.50. The van der Waals surface area contributed by atoms with Gasteiger partial charge in [0.05, 0.1) is 0 Å². The molecule has 1 aromatic rings. The Hall–Kier alpha value is -0.450. The van der Waals surface area contributed by atoms with E-state index >= 15 is 0 Å². The number of halogens is 2. The maximum absolute atomic E-state index is 14.1. The Morgan fingerprint density at radius 2 is 2.00 bits per heavy atom. The molecule has 1 fully saturated rings. The number of nitrogens with zero attached hydrogens (tertiary/aromatic N) is 1. The number of nitrogens with one attached hydrogen (secondary N) is 1. The zero-order chi connectivity index (χ0) is 12.4. The molecule has 1 aliphatic rings. The summed E-state index contributed by atoms with van der Waals surface area (Å²) in [5.74, 6) is -0.0516. The van der Waals surface area contributed by atoms with Crippen LogP contribution in [0.15, 0.2) is 10.5 Å². The molecule has 17 heavy (non-hydrogen) atoms. The Balaban J connectivity index is 2.24. The van der Waals surface area contributed by atoms with Crippen molar-refractivity contribution in [3.8, 4) is 0 Å².